The number of ether oxygens (including phenoxy) is 1. The second-order valence-electron chi connectivity index (χ2n) is 37.3. The van der Waals surface area contributed by atoms with Gasteiger partial charge in [0.1, 0.15) is 17.6 Å². The Kier molecular flexibility index (Phi) is 51.1. The summed E-state index contributed by atoms with van der Waals surface area (Å²) in [6.45, 7) is 87.0. The van der Waals surface area contributed by atoms with Crippen LogP contribution >= 0.6 is 22.7 Å². The van der Waals surface area contributed by atoms with Gasteiger partial charge in [0.05, 0.1) is 67.9 Å². The van der Waals surface area contributed by atoms with Crippen molar-refractivity contribution >= 4 is 114 Å². The van der Waals surface area contributed by atoms with E-state index in [4.69, 9.17) is 20.0 Å². The van der Waals surface area contributed by atoms with Gasteiger partial charge in [0.2, 0.25) is 0 Å². The van der Waals surface area contributed by atoms with Crippen molar-refractivity contribution in [3.8, 4) is 5.75 Å². The molecule has 712 valence electrons. The Hall–Kier alpha value is -10.5. The molecule has 8 aromatic heterocycles. The summed E-state index contributed by atoms with van der Waals surface area (Å²) in [5.41, 5.74) is 28.4. The van der Waals surface area contributed by atoms with E-state index < -0.39 is 0 Å². The highest BCUT2D eigenvalue weighted by molar-refractivity contribution is 7.22. The van der Waals surface area contributed by atoms with Crippen molar-refractivity contribution in [2.75, 3.05) is 12.8 Å². The molecule has 13 nitrogen and oxygen atoms in total. The van der Waals surface area contributed by atoms with Crippen molar-refractivity contribution < 1.29 is 14.3 Å². The normalized spacial score (nSPS) is 10.9. The highest BCUT2D eigenvalue weighted by atomic mass is 32.1. The fourth-order valence-corrected chi connectivity index (χ4v) is 15.8. The van der Waals surface area contributed by atoms with Gasteiger partial charge in [-0.25, -0.2) is 24.9 Å². The van der Waals surface area contributed by atoms with Gasteiger partial charge >= 0.3 is 0 Å². The molecule has 0 fully saturated rings. The first-order valence-corrected chi connectivity index (χ1v) is 49.2. The number of pyridine rings is 4. The lowest BCUT2D eigenvalue weighted by molar-refractivity contribution is 0.281. The summed E-state index contributed by atoms with van der Waals surface area (Å²) >= 11 is 3.30. The number of aryl methyl sites for hydroxylation is 1. The molecule has 0 aliphatic rings. The van der Waals surface area contributed by atoms with Crippen LogP contribution in [-0.2, 0) is 49.9 Å². The van der Waals surface area contributed by atoms with Crippen molar-refractivity contribution in [2.45, 2.75) is 334 Å². The fraction of sp³-hybridized carbons (Fsp3) is 0.440. The molecule has 0 radical (unpaired) electrons. The molecule has 16 aromatic rings. The lowest BCUT2D eigenvalue weighted by Crippen LogP contribution is -2.11. The molecular weight excluding hydrogens is 1650 g/mol. The van der Waals surface area contributed by atoms with Crippen molar-refractivity contribution in [1.82, 2.24) is 44.9 Å². The number of nitrogens with zero attached hydrogens (tertiary/aromatic N) is 9. The standard InChI is InChI=1S/2C14H17NO.2C13H15N.C12H14N2.C12H15NO.C11H14N2S.C11H13NS.8C2H6/c1-14(2,3)12-6-5-7-13-11(12)8-10(16-4)9-15-13;1-14(2,3)12-5-4-6-13-11(12)7-10(9-16)8-15-13;1-13(2,3)11-7-4-8-12-10(11)6-5-9-14-12;1-13(2,3)12-6-4-5-10-9-14-8-7-11(10)12;1-12(2,3)10-5-4-6-11-9(10)7-13-8-14-11;1-8-13-10-7-5-6-9(11(10)14-8)12(2,3)4;1-11(2,3)7-5-4-6-8-9(7)14-10(12)13-8;1-11(2,3)8-5-4-6-9-10(8)13-7-12-9;8*1-2/h5-9H,1-4H3;4-8,16H,9H2,1-3H3;2*4-9H,1-3H3;4-8H,1-3H3;5-7H,1-4H3;4-6H,1-3H3,(H2,12,13);4-7H,1-3H3;8*1-2H3. The van der Waals surface area contributed by atoms with Gasteiger partial charge in [0.15, 0.2) is 16.6 Å². The van der Waals surface area contributed by atoms with Gasteiger partial charge < -0.3 is 20.0 Å². The largest absolute Gasteiger partial charge is 0.495 e. The summed E-state index contributed by atoms with van der Waals surface area (Å²) in [7, 11) is 1.67. The molecule has 0 spiro atoms. The Morgan fingerprint density at radius 1 is 0.328 bits per heavy atom. The average molecular weight is 1810 g/mol. The lowest BCUT2D eigenvalue weighted by Gasteiger charge is -2.21. The molecule has 0 amide bonds. The van der Waals surface area contributed by atoms with Crippen LogP contribution in [0.3, 0.4) is 0 Å². The number of thiazole rings is 2. The summed E-state index contributed by atoms with van der Waals surface area (Å²) in [5, 5.41) is 17.1. The maximum absolute atomic E-state index is 9.15. The van der Waals surface area contributed by atoms with Crippen LogP contribution in [0.25, 0.3) is 85.9 Å². The maximum atomic E-state index is 9.15. The van der Waals surface area contributed by atoms with E-state index in [0.717, 1.165) is 72.2 Å². The van der Waals surface area contributed by atoms with E-state index in [0.29, 0.717) is 5.13 Å². The van der Waals surface area contributed by atoms with Crippen LogP contribution in [0, 0.1) is 6.92 Å². The third kappa shape index (κ3) is 35.9. The minimum Gasteiger partial charge on any atom is -0.495 e. The molecule has 0 unspecified atom stereocenters. The molecule has 3 N–H and O–H groups in total. The van der Waals surface area contributed by atoms with E-state index in [-0.39, 0.29) is 49.9 Å². The molecule has 0 atom stereocenters. The number of para-hydroxylation sites is 1. The smallest absolute Gasteiger partial charge is 0.192 e. The van der Waals surface area contributed by atoms with Gasteiger partial charge in [-0.1, -0.05) is 397 Å². The van der Waals surface area contributed by atoms with E-state index in [1.807, 2.05) is 209 Å². The van der Waals surface area contributed by atoms with Gasteiger partial charge in [0.25, 0.3) is 0 Å². The number of methoxy groups -OCH3 is 1. The molecule has 0 bridgehead atoms. The fourth-order valence-electron chi connectivity index (χ4n) is 13.7. The number of anilines is 1. The molecule has 8 heterocycles. The van der Waals surface area contributed by atoms with Crippen molar-refractivity contribution in [2.24, 2.45) is 0 Å². The van der Waals surface area contributed by atoms with Crippen LogP contribution in [0.5, 0.6) is 5.75 Å². The van der Waals surface area contributed by atoms with E-state index in [1.54, 1.807) is 48.5 Å². The zero-order valence-electron chi connectivity index (χ0n) is 88.8. The number of oxazole rings is 1. The molecule has 131 heavy (non-hydrogen) atoms. The van der Waals surface area contributed by atoms with Crippen molar-refractivity contribution in [3.05, 3.63) is 281 Å². The van der Waals surface area contributed by atoms with Gasteiger partial charge in [0, 0.05) is 70.4 Å². The first kappa shape index (κ1) is 119. The third-order valence-corrected chi connectivity index (χ3v) is 21.4. The van der Waals surface area contributed by atoms with Gasteiger partial charge in [-0.05, 0) is 160 Å². The summed E-state index contributed by atoms with van der Waals surface area (Å²) < 4.78 is 13.4. The van der Waals surface area contributed by atoms with Crippen molar-refractivity contribution in [1.29, 1.82) is 0 Å². The summed E-state index contributed by atoms with van der Waals surface area (Å²) in [6.07, 6.45) is 12.6. The minimum atomic E-state index is 0.0431. The molecule has 15 heteroatoms. The zero-order chi connectivity index (χ0) is 100. The van der Waals surface area contributed by atoms with Crippen molar-refractivity contribution in [3.63, 3.8) is 0 Å². The number of aliphatic hydroxyl groups excluding tert-OH is 1. The molecule has 0 saturated heterocycles. The number of hydrogen-bond donors (Lipinski definition) is 2. The Labute approximate surface area is 800 Å². The molecule has 0 saturated carbocycles. The number of benzene rings is 8. The maximum Gasteiger partial charge on any atom is 0.192 e. The van der Waals surface area contributed by atoms with E-state index in [1.165, 1.54) is 75.5 Å². The molecule has 16 rings (SSSR count). The van der Waals surface area contributed by atoms with Gasteiger partial charge in [-0.3, -0.25) is 19.9 Å². The lowest BCUT2D eigenvalue weighted by atomic mass is 9.84. The number of hydrogen-bond acceptors (Lipinski definition) is 15. The number of rotatable bonds is 2. The Morgan fingerprint density at radius 3 is 1.18 bits per heavy atom. The van der Waals surface area contributed by atoms with E-state index in [9.17, 15) is 0 Å². The third-order valence-electron chi connectivity index (χ3n) is 19.6. The highest BCUT2D eigenvalue weighted by Gasteiger charge is 2.25. The monoisotopic (exact) mass is 1810 g/mol. The zero-order valence-corrected chi connectivity index (χ0v) is 90.4. The molecular formula is C116H168N10O3S2. The van der Waals surface area contributed by atoms with Crippen LogP contribution < -0.4 is 10.5 Å². The minimum absolute atomic E-state index is 0.0431. The van der Waals surface area contributed by atoms with Crippen LogP contribution in [0.15, 0.2) is 229 Å². The van der Waals surface area contributed by atoms with Crippen LogP contribution in [0.4, 0.5) is 5.13 Å². The second kappa shape index (κ2) is 56.4. The second-order valence-corrected chi connectivity index (χ2v) is 39.1. The number of nitrogens with two attached hydrogens (primary N) is 1. The van der Waals surface area contributed by atoms with E-state index in [2.05, 4.69) is 326 Å². The highest BCUT2D eigenvalue weighted by Crippen LogP contribution is 2.39. The number of aromatic nitrogens is 9. The summed E-state index contributed by atoms with van der Waals surface area (Å²) in [6, 6.07) is 60.4. The van der Waals surface area contributed by atoms with Crippen LogP contribution in [0.2, 0.25) is 0 Å². The summed E-state index contributed by atoms with van der Waals surface area (Å²) in [5.74, 6) is 1.54. The Balaban J connectivity index is 0.000000732. The first-order valence-electron chi connectivity index (χ1n) is 47.5. The predicted octanol–water partition coefficient (Wildman–Crippen LogP) is 35.0. The Bertz CT molecular complexity index is 5510. The predicted molar refractivity (Wildman–Crippen MR) is 582 cm³/mol. The van der Waals surface area contributed by atoms with Crippen LogP contribution in [0.1, 0.15) is 333 Å². The quantitative estimate of drug-likeness (QED) is 0.167. The topological polar surface area (TPSA) is 185 Å². The summed E-state index contributed by atoms with van der Waals surface area (Å²) in [4.78, 5) is 38.5. The number of nitrogen functional groups attached to an aromatic ring is 1. The van der Waals surface area contributed by atoms with E-state index >= 15 is 0 Å². The van der Waals surface area contributed by atoms with Gasteiger partial charge in [-0.15, -0.1) is 11.3 Å². The molecule has 0 aliphatic carbocycles. The van der Waals surface area contributed by atoms with Gasteiger partial charge in [-0.2, -0.15) is 0 Å². The SMILES string of the molecule is CC.CC.CC.CC.CC.CC.CC.CC.CC(C)(C)c1cccc2cnccc12.CC(C)(C)c1cccc2nc(N)sc12.CC(C)(C)c1cccc2ncc(CO)cc12.CC(C)(C)c1cccc2ncccc12.CC(C)(C)c1cccc2ncncc12.CC(C)(C)c1cccc2ncsc12.COc1cnc2cccc(C(C)(C)C)c2c1.Cc1nc2cccc(C(C)(C)C)c2o1. The molecule has 0 aliphatic heterocycles. The van der Waals surface area contributed by atoms with Crippen LogP contribution in [-0.4, -0.2) is 57.1 Å². The Morgan fingerprint density at radius 2 is 0.710 bits per heavy atom. The molecule has 8 aromatic carbocycles. The first-order chi connectivity index (χ1) is 61.9. The number of fused-ring (bicyclic) bond motifs is 8. The average Bonchev–Trinajstić information content (AvgIpc) is 1.77. The number of aliphatic hydroxyl groups is 1.